The molecule has 0 aromatic heterocycles. The number of carboxylic acids is 1. The maximum absolute atomic E-state index is 12.2. The van der Waals surface area contributed by atoms with Gasteiger partial charge in [0.2, 0.25) is 0 Å². The molecule has 1 aromatic rings. The van der Waals surface area contributed by atoms with Crippen LogP contribution in [0.25, 0.3) is 6.08 Å². The average Bonchev–Trinajstić information content (AvgIpc) is 2.69. The second-order valence-electron chi connectivity index (χ2n) is 4.84. The minimum Gasteiger partial charge on any atom is -0.496 e. The van der Waals surface area contributed by atoms with E-state index < -0.39 is 12.5 Å². The molecule has 0 aliphatic carbocycles. The number of benzene rings is 1. The number of rotatable bonds is 4. The smallest absolute Gasteiger partial charge is 0.323 e. The number of nitrogens with zero attached hydrogens (tertiary/aromatic N) is 1. The second kappa shape index (κ2) is 6.50. The van der Waals surface area contributed by atoms with Crippen molar-refractivity contribution in [3.63, 3.8) is 0 Å². The zero-order valence-corrected chi connectivity index (χ0v) is 14.0. The van der Waals surface area contributed by atoms with E-state index in [-0.39, 0.29) is 10.2 Å². The van der Waals surface area contributed by atoms with Crippen molar-refractivity contribution in [1.29, 1.82) is 0 Å². The first kappa shape index (κ1) is 16.5. The number of aryl methyl sites for hydroxylation is 2. The number of hydrogen-bond donors (Lipinski definition) is 1. The molecule has 5 nitrogen and oxygen atoms in total. The summed E-state index contributed by atoms with van der Waals surface area (Å²) < 4.78 is 5.53. The largest absolute Gasteiger partial charge is 0.496 e. The highest BCUT2D eigenvalue weighted by atomic mass is 32.2. The molecule has 0 saturated carbocycles. The molecule has 1 aliphatic rings. The third-order valence-electron chi connectivity index (χ3n) is 3.24. The summed E-state index contributed by atoms with van der Waals surface area (Å²) in [6, 6.07) is 3.83. The summed E-state index contributed by atoms with van der Waals surface area (Å²) >= 11 is 6.19. The Balaban J connectivity index is 2.35. The molecule has 1 aliphatic heterocycles. The van der Waals surface area contributed by atoms with Crippen molar-refractivity contribution in [3.05, 3.63) is 33.7 Å². The number of aliphatic carboxylic acids is 1. The van der Waals surface area contributed by atoms with E-state index in [4.69, 9.17) is 22.1 Å². The van der Waals surface area contributed by atoms with Gasteiger partial charge in [-0.05, 0) is 48.7 Å². The van der Waals surface area contributed by atoms with Crippen LogP contribution < -0.4 is 4.74 Å². The quantitative estimate of drug-likeness (QED) is 0.673. The monoisotopic (exact) mass is 337 g/mol. The van der Waals surface area contributed by atoms with Gasteiger partial charge in [-0.25, -0.2) is 0 Å². The van der Waals surface area contributed by atoms with Crippen LogP contribution in [0.1, 0.15) is 16.7 Å². The van der Waals surface area contributed by atoms with Gasteiger partial charge in [-0.1, -0.05) is 24.0 Å². The molecule has 1 N–H and O–H groups in total. The molecule has 1 saturated heterocycles. The lowest BCUT2D eigenvalue weighted by Crippen LogP contribution is -2.33. The Bertz CT molecular complexity index is 697. The van der Waals surface area contributed by atoms with Crippen LogP contribution in [0.2, 0.25) is 0 Å². The normalized spacial score (nSPS) is 16.5. The highest BCUT2D eigenvalue weighted by molar-refractivity contribution is 8.26. The van der Waals surface area contributed by atoms with E-state index in [0.717, 1.165) is 39.1 Å². The van der Waals surface area contributed by atoms with E-state index in [1.807, 2.05) is 26.0 Å². The third-order valence-corrected chi connectivity index (χ3v) is 4.61. The molecule has 1 amide bonds. The van der Waals surface area contributed by atoms with E-state index in [2.05, 4.69) is 0 Å². The van der Waals surface area contributed by atoms with Crippen LogP contribution in [0.3, 0.4) is 0 Å². The Hall–Kier alpha value is -1.86. The molecular weight excluding hydrogens is 322 g/mol. The number of thiocarbonyl (C=S) groups is 1. The van der Waals surface area contributed by atoms with Gasteiger partial charge in [0.25, 0.3) is 5.91 Å². The van der Waals surface area contributed by atoms with Gasteiger partial charge >= 0.3 is 5.97 Å². The van der Waals surface area contributed by atoms with Crippen LogP contribution in [0.4, 0.5) is 0 Å². The average molecular weight is 337 g/mol. The molecule has 0 bridgehead atoms. The number of methoxy groups -OCH3 is 1. The molecular formula is C15H15NO4S2. The Kier molecular flexibility index (Phi) is 4.87. The third kappa shape index (κ3) is 3.31. The summed E-state index contributed by atoms with van der Waals surface area (Å²) in [7, 11) is 1.61. The Morgan fingerprint density at radius 2 is 2.09 bits per heavy atom. The lowest BCUT2D eigenvalue weighted by Gasteiger charge is -2.10. The minimum atomic E-state index is -1.09. The SMILES string of the molecule is COc1cc(C)c(/C=C2\SC(=S)N(CC(=O)O)C2=O)cc1C. The summed E-state index contributed by atoms with van der Waals surface area (Å²) in [6.45, 7) is 3.43. The zero-order chi connectivity index (χ0) is 16.4. The van der Waals surface area contributed by atoms with Crippen molar-refractivity contribution < 1.29 is 19.4 Å². The summed E-state index contributed by atoms with van der Waals surface area (Å²) in [5, 5.41) is 8.83. The van der Waals surface area contributed by atoms with Gasteiger partial charge in [-0.2, -0.15) is 0 Å². The van der Waals surface area contributed by atoms with Crippen LogP contribution in [-0.2, 0) is 9.59 Å². The first-order chi connectivity index (χ1) is 10.3. The van der Waals surface area contributed by atoms with Crippen molar-refractivity contribution in [3.8, 4) is 5.75 Å². The van der Waals surface area contributed by atoms with Crippen LogP contribution in [0.5, 0.6) is 5.75 Å². The Morgan fingerprint density at radius 1 is 1.41 bits per heavy atom. The van der Waals surface area contributed by atoms with Crippen LogP contribution in [-0.4, -0.2) is 39.9 Å². The number of ether oxygens (including phenoxy) is 1. The van der Waals surface area contributed by atoms with Crippen molar-refractivity contribution in [2.45, 2.75) is 13.8 Å². The molecule has 116 valence electrons. The predicted octanol–water partition coefficient (Wildman–Crippen LogP) is 2.60. The van der Waals surface area contributed by atoms with E-state index in [9.17, 15) is 9.59 Å². The van der Waals surface area contributed by atoms with Gasteiger partial charge < -0.3 is 9.84 Å². The van der Waals surface area contributed by atoms with Crippen molar-refractivity contribution in [2.24, 2.45) is 0 Å². The molecule has 7 heteroatoms. The topological polar surface area (TPSA) is 66.8 Å². The van der Waals surface area contributed by atoms with Crippen LogP contribution in [0, 0.1) is 13.8 Å². The summed E-state index contributed by atoms with van der Waals surface area (Å²) in [5.41, 5.74) is 2.81. The van der Waals surface area contributed by atoms with Gasteiger partial charge in [0.1, 0.15) is 16.6 Å². The molecule has 0 atom stereocenters. The number of thioether (sulfide) groups is 1. The Morgan fingerprint density at radius 3 is 2.68 bits per heavy atom. The van der Waals surface area contributed by atoms with E-state index >= 15 is 0 Å². The van der Waals surface area contributed by atoms with Gasteiger partial charge in [0, 0.05) is 0 Å². The predicted molar refractivity (Wildman–Crippen MR) is 90.0 cm³/mol. The number of hydrogen-bond acceptors (Lipinski definition) is 5. The first-order valence-electron chi connectivity index (χ1n) is 6.46. The van der Waals surface area contributed by atoms with Crippen LogP contribution >= 0.6 is 24.0 Å². The lowest BCUT2D eigenvalue weighted by molar-refractivity contribution is -0.140. The standard InChI is InChI=1S/C15H15NO4S2/c1-8-5-11(20-3)9(2)4-10(8)6-12-14(19)16(7-13(17)18)15(21)22-12/h4-6H,7H2,1-3H3,(H,17,18)/b12-6-. The summed E-state index contributed by atoms with van der Waals surface area (Å²) in [6.07, 6.45) is 1.74. The summed E-state index contributed by atoms with van der Waals surface area (Å²) in [4.78, 5) is 24.5. The number of amides is 1. The maximum Gasteiger partial charge on any atom is 0.323 e. The zero-order valence-electron chi connectivity index (χ0n) is 12.4. The van der Waals surface area contributed by atoms with Crippen molar-refractivity contribution in [2.75, 3.05) is 13.7 Å². The van der Waals surface area contributed by atoms with E-state index in [0.29, 0.717) is 4.91 Å². The molecule has 1 heterocycles. The van der Waals surface area contributed by atoms with E-state index in [1.165, 1.54) is 0 Å². The highest BCUT2D eigenvalue weighted by Gasteiger charge is 2.33. The van der Waals surface area contributed by atoms with E-state index in [1.54, 1.807) is 13.2 Å². The number of carbonyl (C=O) groups excluding carboxylic acids is 1. The Labute approximate surface area is 137 Å². The van der Waals surface area contributed by atoms with Gasteiger partial charge in [0.05, 0.1) is 12.0 Å². The fraction of sp³-hybridized carbons (Fsp3) is 0.267. The molecule has 0 spiro atoms. The molecule has 1 fully saturated rings. The first-order valence-corrected chi connectivity index (χ1v) is 7.68. The molecule has 0 unspecified atom stereocenters. The molecule has 2 rings (SSSR count). The fourth-order valence-corrected chi connectivity index (χ4v) is 3.35. The second-order valence-corrected chi connectivity index (χ2v) is 6.52. The fourth-order valence-electron chi connectivity index (χ4n) is 2.10. The molecule has 1 aromatic carbocycles. The van der Waals surface area contributed by atoms with Crippen LogP contribution in [0.15, 0.2) is 17.0 Å². The molecule has 22 heavy (non-hydrogen) atoms. The van der Waals surface area contributed by atoms with Gasteiger partial charge in [-0.15, -0.1) is 0 Å². The summed E-state index contributed by atoms with van der Waals surface area (Å²) in [5.74, 6) is -0.674. The number of carbonyl (C=O) groups is 2. The highest BCUT2D eigenvalue weighted by Crippen LogP contribution is 2.33. The lowest BCUT2D eigenvalue weighted by atomic mass is 10.0. The minimum absolute atomic E-state index is 0.265. The van der Waals surface area contributed by atoms with Gasteiger partial charge in [0.15, 0.2) is 0 Å². The maximum atomic E-state index is 12.2. The van der Waals surface area contributed by atoms with Crippen molar-refractivity contribution >= 4 is 46.3 Å². The molecule has 0 radical (unpaired) electrons. The van der Waals surface area contributed by atoms with Crippen molar-refractivity contribution in [1.82, 2.24) is 4.90 Å². The number of carboxylic acid groups (broad SMARTS) is 1. The van der Waals surface area contributed by atoms with Gasteiger partial charge in [-0.3, -0.25) is 14.5 Å².